The molecule has 0 nitrogen and oxygen atoms in total. The van der Waals surface area contributed by atoms with Crippen LogP contribution < -0.4 is 0 Å². The van der Waals surface area contributed by atoms with Gasteiger partial charge in [-0.05, 0) is 11.0 Å². The molecular weight excluding hydrogens is 214 g/mol. The fourth-order valence-corrected chi connectivity index (χ4v) is 0. The van der Waals surface area contributed by atoms with Crippen molar-refractivity contribution >= 4 is 28.3 Å². The van der Waals surface area contributed by atoms with Crippen molar-refractivity contribution < 1.29 is 55.6 Å². The van der Waals surface area contributed by atoms with Crippen LogP contribution in [0.2, 0.25) is 0 Å². The van der Waals surface area contributed by atoms with Crippen molar-refractivity contribution in [1.29, 1.82) is 0 Å². The molecule has 0 rings (SSSR count). The largest absolute Gasteiger partial charge is 0.187 e. The first-order valence-corrected chi connectivity index (χ1v) is 0. The number of hydrogen-bond donors (Lipinski definition) is 0. The Morgan fingerprint density at radius 1 is 1.00 bits per heavy atom. The van der Waals surface area contributed by atoms with Crippen LogP contribution in [0.5, 0.6) is 0 Å². The summed E-state index contributed by atoms with van der Waals surface area (Å²) in [6, 6.07) is 0. The topological polar surface area (TPSA) is 0 Å². The molecule has 0 aromatic heterocycles. The SMILES string of the molecule is [AlH3].[Cr].[Ni].[SiH3].[Ti]. The molecule has 0 unspecified atom stereocenters. The second-order valence-corrected chi connectivity index (χ2v) is 0. The Kier molecular flexibility index (Phi) is 321. The molecule has 1 radical (unpaired) electrons. The minimum atomic E-state index is 0. The Balaban J connectivity index is 0. The molecule has 33 valence electrons. The van der Waals surface area contributed by atoms with Gasteiger partial charge in [0.1, 0.15) is 0 Å². The maximum Gasteiger partial charge on any atom is 0.187 e. The van der Waals surface area contributed by atoms with Gasteiger partial charge >= 0.3 is 0 Å². The maximum absolute atomic E-state index is 0. The normalized spacial score (nSPS) is 0. The van der Waals surface area contributed by atoms with Gasteiger partial charge in [-0.15, -0.1) is 0 Å². The maximum atomic E-state index is 0. The van der Waals surface area contributed by atoms with E-state index >= 15 is 0 Å². The molecule has 0 aliphatic heterocycles. The van der Waals surface area contributed by atoms with E-state index in [0.717, 1.165) is 0 Å². The third-order valence-corrected chi connectivity index (χ3v) is 0. The summed E-state index contributed by atoms with van der Waals surface area (Å²) in [4.78, 5) is 0. The predicted octanol–water partition coefficient (Wildman–Crippen LogP) is -2.38. The average Bonchev–Trinajstić information content (AvgIpc) is 0. The fraction of sp³-hybridized carbons (Fsp3) is 0. The van der Waals surface area contributed by atoms with E-state index in [-0.39, 0.29) is 83.9 Å². The molecule has 0 aliphatic carbocycles. The summed E-state index contributed by atoms with van der Waals surface area (Å²) in [5.41, 5.74) is 0. The van der Waals surface area contributed by atoms with Crippen molar-refractivity contribution in [3.63, 3.8) is 0 Å². The minimum Gasteiger partial charge on any atom is -0.0125 e. The smallest absolute Gasteiger partial charge is 0.0125 e. The summed E-state index contributed by atoms with van der Waals surface area (Å²) in [7, 11) is 0. The van der Waals surface area contributed by atoms with Gasteiger partial charge in [-0.3, -0.25) is 0 Å². The van der Waals surface area contributed by atoms with Gasteiger partial charge < -0.3 is 0 Å². The van der Waals surface area contributed by atoms with Crippen LogP contribution in [0, 0.1) is 0 Å². The molecule has 0 heterocycles. The van der Waals surface area contributed by atoms with Crippen molar-refractivity contribution in [1.82, 2.24) is 0 Å². The van der Waals surface area contributed by atoms with Gasteiger partial charge in [0.2, 0.25) is 0 Å². The molecule has 0 amide bonds. The fourth-order valence-electron chi connectivity index (χ4n) is 0. The summed E-state index contributed by atoms with van der Waals surface area (Å²) < 4.78 is 0. The molecular formula is H6AlCrNiSiTi. The third kappa shape index (κ3) is 21.1. The zero-order valence-corrected chi connectivity index (χ0v) is 8.05. The van der Waals surface area contributed by atoms with Gasteiger partial charge in [0, 0.05) is 55.6 Å². The Morgan fingerprint density at radius 2 is 1.00 bits per heavy atom. The molecule has 0 aromatic rings. The molecule has 0 N–H and O–H groups in total. The summed E-state index contributed by atoms with van der Waals surface area (Å²) in [6.07, 6.45) is 0. The number of rotatable bonds is 0. The summed E-state index contributed by atoms with van der Waals surface area (Å²) in [6.45, 7) is 0. The Hall–Kier alpha value is 2.49. The van der Waals surface area contributed by atoms with Crippen LogP contribution >= 0.6 is 0 Å². The van der Waals surface area contributed by atoms with Crippen molar-refractivity contribution in [2.75, 3.05) is 0 Å². The first-order valence-electron chi connectivity index (χ1n) is 0. The second-order valence-electron chi connectivity index (χ2n) is 0. The van der Waals surface area contributed by atoms with Crippen LogP contribution in [0.15, 0.2) is 0 Å². The van der Waals surface area contributed by atoms with E-state index < -0.39 is 0 Å². The monoisotopic (exact) mass is 219 g/mol. The van der Waals surface area contributed by atoms with Gasteiger partial charge in [-0.2, -0.15) is 0 Å². The molecule has 0 aliphatic rings. The summed E-state index contributed by atoms with van der Waals surface area (Å²) >= 11 is 0. The van der Waals surface area contributed by atoms with E-state index in [1.54, 1.807) is 0 Å². The molecule has 0 atom stereocenters. The van der Waals surface area contributed by atoms with Gasteiger partial charge in [-0.1, -0.05) is 0 Å². The molecule has 0 saturated heterocycles. The van der Waals surface area contributed by atoms with Crippen LogP contribution in [0.3, 0.4) is 0 Å². The van der Waals surface area contributed by atoms with Crippen LogP contribution in [-0.4, -0.2) is 28.3 Å². The standard InChI is InChI=1S/Al.Cr.Ni.H3Si.Ti.3H/h;;;1H3;;;;. The quantitative estimate of drug-likeness (QED) is 0.400. The van der Waals surface area contributed by atoms with Gasteiger partial charge in [0.25, 0.3) is 0 Å². The molecule has 0 spiro atoms. The Labute approximate surface area is 82.9 Å². The molecule has 5 heavy (non-hydrogen) atoms. The number of hydrogen-bond acceptors (Lipinski definition) is 0. The zero-order valence-electron chi connectivity index (χ0n) is 2.22. The van der Waals surface area contributed by atoms with Crippen LogP contribution in [0.1, 0.15) is 0 Å². The van der Waals surface area contributed by atoms with Gasteiger partial charge in [0.05, 0.1) is 0 Å². The van der Waals surface area contributed by atoms with E-state index in [9.17, 15) is 0 Å². The predicted molar refractivity (Wildman–Crippen MR) is 19.9 cm³/mol. The third-order valence-electron chi connectivity index (χ3n) is 0. The first-order chi connectivity index (χ1) is 0. The second kappa shape index (κ2) is 31.6. The molecule has 0 bridgehead atoms. The van der Waals surface area contributed by atoms with E-state index in [0.29, 0.717) is 0 Å². The first kappa shape index (κ1) is 50.9. The van der Waals surface area contributed by atoms with Crippen molar-refractivity contribution in [3.05, 3.63) is 0 Å². The van der Waals surface area contributed by atoms with Crippen LogP contribution in [-0.2, 0) is 55.6 Å². The van der Waals surface area contributed by atoms with Crippen LogP contribution in [0.4, 0.5) is 0 Å². The van der Waals surface area contributed by atoms with E-state index in [4.69, 9.17) is 0 Å². The Morgan fingerprint density at radius 3 is 1.00 bits per heavy atom. The summed E-state index contributed by atoms with van der Waals surface area (Å²) in [5.74, 6) is 0. The van der Waals surface area contributed by atoms with Gasteiger partial charge in [-0.25, -0.2) is 0 Å². The zero-order chi connectivity index (χ0) is 0. The average molecular weight is 220 g/mol. The van der Waals surface area contributed by atoms with Crippen molar-refractivity contribution in [2.45, 2.75) is 0 Å². The van der Waals surface area contributed by atoms with E-state index in [1.807, 2.05) is 0 Å². The van der Waals surface area contributed by atoms with E-state index in [2.05, 4.69) is 0 Å². The minimum absolute atomic E-state index is 0. The summed E-state index contributed by atoms with van der Waals surface area (Å²) in [5, 5.41) is 0. The van der Waals surface area contributed by atoms with Crippen molar-refractivity contribution in [3.8, 4) is 0 Å². The van der Waals surface area contributed by atoms with Gasteiger partial charge in [0.15, 0.2) is 17.4 Å². The molecule has 0 fully saturated rings. The molecule has 0 aromatic carbocycles. The Bertz CT molecular complexity index is 11.6. The molecule has 0 saturated carbocycles. The van der Waals surface area contributed by atoms with Crippen molar-refractivity contribution in [2.24, 2.45) is 0 Å². The van der Waals surface area contributed by atoms with E-state index in [1.165, 1.54) is 0 Å². The molecule has 5 heteroatoms. The van der Waals surface area contributed by atoms with Crippen LogP contribution in [0.25, 0.3) is 0 Å².